The SMILES string of the molecule is CCn1cc(CNC(=O)c2c(Cl)c(C)nn2C)c(C)n1. The summed E-state index contributed by atoms with van der Waals surface area (Å²) in [7, 11) is 1.70. The van der Waals surface area contributed by atoms with Crippen molar-refractivity contribution in [2.75, 3.05) is 0 Å². The van der Waals surface area contributed by atoms with E-state index in [0.29, 0.717) is 23.0 Å². The van der Waals surface area contributed by atoms with Gasteiger partial charge in [-0.3, -0.25) is 14.2 Å². The third-order valence-corrected chi connectivity index (χ3v) is 3.63. The number of hydrogen-bond acceptors (Lipinski definition) is 3. The summed E-state index contributed by atoms with van der Waals surface area (Å²) in [5, 5.41) is 11.7. The number of carbonyl (C=O) groups is 1. The molecule has 0 aliphatic carbocycles. The monoisotopic (exact) mass is 295 g/mol. The van der Waals surface area contributed by atoms with Crippen molar-refractivity contribution in [3.8, 4) is 0 Å². The molecule has 0 saturated heterocycles. The van der Waals surface area contributed by atoms with E-state index in [2.05, 4.69) is 15.5 Å². The second-order valence-electron chi connectivity index (χ2n) is 4.65. The van der Waals surface area contributed by atoms with E-state index in [0.717, 1.165) is 17.8 Å². The van der Waals surface area contributed by atoms with Crippen LogP contribution in [0.5, 0.6) is 0 Å². The first-order chi connectivity index (χ1) is 9.43. The van der Waals surface area contributed by atoms with Crippen LogP contribution in [0.4, 0.5) is 0 Å². The van der Waals surface area contributed by atoms with Gasteiger partial charge in [0.15, 0.2) is 0 Å². The van der Waals surface area contributed by atoms with Gasteiger partial charge < -0.3 is 5.32 Å². The van der Waals surface area contributed by atoms with E-state index < -0.39 is 0 Å². The van der Waals surface area contributed by atoms with Crippen molar-refractivity contribution in [3.05, 3.63) is 33.9 Å². The molecule has 0 aromatic carbocycles. The summed E-state index contributed by atoms with van der Waals surface area (Å²) >= 11 is 6.09. The minimum atomic E-state index is -0.234. The third kappa shape index (κ3) is 2.70. The highest BCUT2D eigenvalue weighted by Gasteiger charge is 2.18. The maximum atomic E-state index is 12.2. The third-order valence-electron chi connectivity index (χ3n) is 3.18. The molecule has 0 saturated carbocycles. The van der Waals surface area contributed by atoms with E-state index in [9.17, 15) is 4.79 Å². The molecule has 2 heterocycles. The van der Waals surface area contributed by atoms with Crippen LogP contribution in [0, 0.1) is 13.8 Å². The Hall–Kier alpha value is -1.82. The van der Waals surface area contributed by atoms with Crippen LogP contribution in [-0.2, 0) is 20.1 Å². The molecule has 2 rings (SSSR count). The van der Waals surface area contributed by atoms with Crippen LogP contribution < -0.4 is 5.32 Å². The molecule has 0 fully saturated rings. The number of carbonyl (C=O) groups excluding carboxylic acids is 1. The first kappa shape index (κ1) is 14.6. The molecule has 20 heavy (non-hydrogen) atoms. The summed E-state index contributed by atoms with van der Waals surface area (Å²) in [5.74, 6) is -0.234. The van der Waals surface area contributed by atoms with E-state index in [-0.39, 0.29) is 5.91 Å². The molecule has 0 spiro atoms. The molecule has 0 aliphatic rings. The van der Waals surface area contributed by atoms with Gasteiger partial charge in [-0.15, -0.1) is 0 Å². The lowest BCUT2D eigenvalue weighted by atomic mass is 10.2. The molecule has 7 heteroatoms. The van der Waals surface area contributed by atoms with Gasteiger partial charge in [0.25, 0.3) is 5.91 Å². The molecule has 1 amide bonds. The summed E-state index contributed by atoms with van der Waals surface area (Å²) in [6.07, 6.45) is 1.94. The summed E-state index contributed by atoms with van der Waals surface area (Å²) < 4.78 is 3.34. The fraction of sp³-hybridized carbons (Fsp3) is 0.462. The van der Waals surface area contributed by atoms with Crippen LogP contribution in [-0.4, -0.2) is 25.5 Å². The Morgan fingerprint density at radius 2 is 2.05 bits per heavy atom. The largest absolute Gasteiger partial charge is 0.346 e. The summed E-state index contributed by atoms with van der Waals surface area (Å²) in [4.78, 5) is 12.2. The van der Waals surface area contributed by atoms with Crippen LogP contribution in [0.25, 0.3) is 0 Å². The summed E-state index contributed by atoms with van der Waals surface area (Å²) in [5.41, 5.74) is 2.94. The summed E-state index contributed by atoms with van der Waals surface area (Å²) in [6, 6.07) is 0. The van der Waals surface area contributed by atoms with Gasteiger partial charge >= 0.3 is 0 Å². The quantitative estimate of drug-likeness (QED) is 0.936. The number of halogens is 1. The lowest BCUT2D eigenvalue weighted by Crippen LogP contribution is -2.25. The van der Waals surface area contributed by atoms with Gasteiger partial charge in [0.2, 0.25) is 0 Å². The maximum absolute atomic E-state index is 12.2. The van der Waals surface area contributed by atoms with Crippen LogP contribution in [0.2, 0.25) is 5.02 Å². The Bertz CT molecular complexity index is 643. The van der Waals surface area contributed by atoms with Crippen molar-refractivity contribution in [1.29, 1.82) is 0 Å². The molecular weight excluding hydrogens is 278 g/mol. The molecule has 0 unspecified atom stereocenters. The molecule has 6 nitrogen and oxygen atoms in total. The molecule has 2 aromatic rings. The highest BCUT2D eigenvalue weighted by atomic mass is 35.5. The number of hydrogen-bond donors (Lipinski definition) is 1. The predicted octanol–water partition coefficient (Wildman–Crippen LogP) is 1.84. The first-order valence-corrected chi connectivity index (χ1v) is 6.82. The standard InChI is InChI=1S/C13H18ClN5O/c1-5-19-7-10(8(2)17-19)6-15-13(20)12-11(14)9(3)16-18(12)4/h7H,5-6H2,1-4H3,(H,15,20). The van der Waals surface area contributed by atoms with Crippen molar-refractivity contribution < 1.29 is 4.79 Å². The Morgan fingerprint density at radius 3 is 2.55 bits per heavy atom. The Morgan fingerprint density at radius 1 is 1.35 bits per heavy atom. The van der Waals surface area contributed by atoms with Gasteiger partial charge in [0, 0.05) is 31.9 Å². The van der Waals surface area contributed by atoms with Crippen LogP contribution in [0.15, 0.2) is 6.20 Å². The topological polar surface area (TPSA) is 64.7 Å². The highest BCUT2D eigenvalue weighted by Crippen LogP contribution is 2.19. The van der Waals surface area contributed by atoms with E-state index in [1.54, 1.807) is 14.0 Å². The average Bonchev–Trinajstić information content (AvgIpc) is 2.88. The normalized spacial score (nSPS) is 10.8. The maximum Gasteiger partial charge on any atom is 0.271 e. The summed E-state index contributed by atoms with van der Waals surface area (Å²) in [6.45, 7) is 6.95. The zero-order valence-corrected chi connectivity index (χ0v) is 12.8. The number of rotatable bonds is 4. The Labute approximate surface area is 122 Å². The van der Waals surface area contributed by atoms with Crippen molar-refractivity contribution in [1.82, 2.24) is 24.9 Å². The molecule has 0 bridgehead atoms. The van der Waals surface area contributed by atoms with E-state index in [1.165, 1.54) is 4.68 Å². The lowest BCUT2D eigenvalue weighted by Gasteiger charge is -2.05. The molecule has 2 aromatic heterocycles. The van der Waals surface area contributed by atoms with Crippen LogP contribution in [0.1, 0.15) is 34.4 Å². The van der Waals surface area contributed by atoms with Gasteiger partial charge in [0.1, 0.15) is 5.69 Å². The predicted molar refractivity (Wildman–Crippen MR) is 76.8 cm³/mol. The minimum absolute atomic E-state index is 0.234. The second kappa shape index (κ2) is 5.66. The van der Waals surface area contributed by atoms with Crippen LogP contribution in [0.3, 0.4) is 0 Å². The minimum Gasteiger partial charge on any atom is -0.346 e. The number of aryl methyl sites for hydroxylation is 4. The Balaban J connectivity index is 2.10. The van der Waals surface area contributed by atoms with Gasteiger partial charge in [-0.05, 0) is 20.8 Å². The van der Waals surface area contributed by atoms with Crippen LogP contribution >= 0.6 is 11.6 Å². The molecule has 0 aliphatic heterocycles. The van der Waals surface area contributed by atoms with Crippen molar-refractivity contribution >= 4 is 17.5 Å². The smallest absolute Gasteiger partial charge is 0.271 e. The zero-order chi connectivity index (χ0) is 14.9. The molecule has 0 radical (unpaired) electrons. The van der Waals surface area contributed by atoms with E-state index >= 15 is 0 Å². The Kier molecular flexibility index (Phi) is 4.13. The number of aromatic nitrogens is 4. The first-order valence-electron chi connectivity index (χ1n) is 6.44. The van der Waals surface area contributed by atoms with Gasteiger partial charge in [-0.1, -0.05) is 11.6 Å². The number of amides is 1. The van der Waals surface area contributed by atoms with Crippen molar-refractivity contribution in [2.45, 2.75) is 33.9 Å². The molecule has 0 atom stereocenters. The van der Waals surface area contributed by atoms with Crippen molar-refractivity contribution in [3.63, 3.8) is 0 Å². The van der Waals surface area contributed by atoms with Crippen molar-refractivity contribution in [2.24, 2.45) is 7.05 Å². The van der Waals surface area contributed by atoms with E-state index in [1.807, 2.05) is 24.7 Å². The number of nitrogens with zero attached hydrogens (tertiary/aromatic N) is 4. The van der Waals surface area contributed by atoms with Gasteiger partial charge in [-0.25, -0.2) is 0 Å². The van der Waals surface area contributed by atoms with Gasteiger partial charge in [-0.2, -0.15) is 10.2 Å². The lowest BCUT2D eigenvalue weighted by molar-refractivity contribution is 0.0941. The second-order valence-corrected chi connectivity index (χ2v) is 5.03. The molecular formula is C13H18ClN5O. The van der Waals surface area contributed by atoms with E-state index in [4.69, 9.17) is 11.6 Å². The fourth-order valence-electron chi connectivity index (χ4n) is 2.03. The average molecular weight is 296 g/mol. The zero-order valence-electron chi connectivity index (χ0n) is 12.1. The van der Waals surface area contributed by atoms with Gasteiger partial charge in [0.05, 0.1) is 16.4 Å². The molecule has 1 N–H and O–H groups in total. The highest BCUT2D eigenvalue weighted by molar-refractivity contribution is 6.34. The fourth-order valence-corrected chi connectivity index (χ4v) is 2.28. The number of nitrogens with one attached hydrogen (secondary N) is 1. The molecule has 108 valence electrons.